The molecule has 4 N–H and O–H groups in total. The zero-order valence-corrected chi connectivity index (χ0v) is 25.5. The van der Waals surface area contributed by atoms with E-state index in [4.69, 9.17) is 4.74 Å². The monoisotopic (exact) mass is 614 g/mol. The zero-order chi connectivity index (χ0) is 31.1. The number of alkyl halides is 1. The van der Waals surface area contributed by atoms with Crippen molar-refractivity contribution in [1.29, 1.82) is 0 Å². The lowest BCUT2D eigenvalue weighted by Crippen LogP contribution is -2.59. The predicted octanol–water partition coefficient (Wildman–Crippen LogP) is 1.43. The van der Waals surface area contributed by atoms with Crippen LogP contribution >= 0.6 is 0 Å². The van der Waals surface area contributed by atoms with E-state index < -0.39 is 80.5 Å². The minimum absolute atomic E-state index is 0.1000. The van der Waals surface area contributed by atoms with Crippen LogP contribution in [-0.4, -0.2) is 89.5 Å². The Morgan fingerprint density at radius 2 is 1.93 bits per heavy atom. The molecule has 236 valence electrons. The number of nitrogens with one attached hydrogen (secondary N) is 3. The first kappa shape index (κ1) is 32.2. The fraction of sp³-hybridized carbons (Fsp3) is 0.786. The summed E-state index contributed by atoms with van der Waals surface area (Å²) in [5, 5.41) is 15.8. The summed E-state index contributed by atoms with van der Waals surface area (Å²) in [5.74, 6) is -3.07. The van der Waals surface area contributed by atoms with Gasteiger partial charge in [-0.2, -0.15) is 0 Å². The molecule has 14 heteroatoms. The van der Waals surface area contributed by atoms with Gasteiger partial charge in [0.15, 0.2) is 0 Å². The summed E-state index contributed by atoms with van der Waals surface area (Å²) in [6, 6.07) is -2.20. The van der Waals surface area contributed by atoms with Crippen LogP contribution in [0, 0.1) is 11.8 Å². The second-order valence-corrected chi connectivity index (χ2v) is 15.3. The summed E-state index contributed by atoms with van der Waals surface area (Å²) < 4.78 is 44.9. The summed E-state index contributed by atoms with van der Waals surface area (Å²) in [6.45, 7) is 5.64. The topological polar surface area (TPSA) is 171 Å². The largest absolute Gasteiger partial charge is 0.444 e. The van der Waals surface area contributed by atoms with E-state index in [1.54, 1.807) is 26.8 Å². The van der Waals surface area contributed by atoms with E-state index in [-0.39, 0.29) is 38.1 Å². The van der Waals surface area contributed by atoms with Crippen molar-refractivity contribution in [1.82, 2.24) is 20.3 Å². The molecule has 0 aromatic heterocycles. The third-order valence-electron chi connectivity index (χ3n) is 8.64. The normalized spacial score (nSPS) is 34.0. The molecule has 4 amide bonds. The molecule has 3 fully saturated rings. The molecule has 0 bridgehead atoms. The molecule has 2 aliphatic carbocycles. The van der Waals surface area contributed by atoms with Crippen molar-refractivity contribution in [2.45, 2.75) is 113 Å². The van der Waals surface area contributed by atoms with Gasteiger partial charge in [0.1, 0.15) is 34.6 Å². The first-order valence-corrected chi connectivity index (χ1v) is 16.1. The van der Waals surface area contributed by atoms with E-state index in [0.717, 1.165) is 12.8 Å². The number of hydrogen-bond donors (Lipinski definition) is 4. The van der Waals surface area contributed by atoms with Gasteiger partial charge in [0, 0.05) is 18.9 Å². The SMILES string of the molecule is C[C@@H]1CCCC/C=C\[C@@H]2C[C@@]2(C(=O)NS(=O)(=O)C2(CF)CC2)NC(=O)[C@@H]2C[C@@H](O)CN2C(=O)[C@H]1NC(=O)OC(C)(C)C. The second kappa shape index (κ2) is 11.7. The maximum Gasteiger partial charge on any atom is 0.408 e. The van der Waals surface area contributed by atoms with E-state index in [1.807, 2.05) is 17.7 Å². The van der Waals surface area contributed by atoms with Gasteiger partial charge < -0.3 is 25.4 Å². The van der Waals surface area contributed by atoms with Crippen LogP contribution in [0.2, 0.25) is 0 Å². The number of fused-ring (bicyclic) bond motifs is 2. The first-order chi connectivity index (χ1) is 19.5. The number of nitrogens with zero attached hydrogens (tertiary/aromatic N) is 1. The summed E-state index contributed by atoms with van der Waals surface area (Å²) in [6.07, 6.45) is 4.79. The van der Waals surface area contributed by atoms with Crippen molar-refractivity contribution in [3.8, 4) is 0 Å². The van der Waals surface area contributed by atoms with Gasteiger partial charge in [-0.1, -0.05) is 25.5 Å². The van der Waals surface area contributed by atoms with E-state index in [1.165, 1.54) is 4.90 Å². The molecule has 6 atom stereocenters. The predicted molar refractivity (Wildman–Crippen MR) is 150 cm³/mol. The van der Waals surface area contributed by atoms with E-state index in [2.05, 4.69) is 10.6 Å². The molecule has 2 saturated carbocycles. The molecule has 0 spiro atoms. The lowest BCUT2D eigenvalue weighted by molar-refractivity contribution is -0.142. The molecule has 4 aliphatic rings. The van der Waals surface area contributed by atoms with Gasteiger partial charge in [0.25, 0.3) is 5.91 Å². The van der Waals surface area contributed by atoms with Crippen molar-refractivity contribution >= 4 is 33.8 Å². The molecule has 0 aromatic carbocycles. The number of alkyl carbamates (subject to hydrolysis) is 1. The average Bonchev–Trinajstić information content (AvgIpc) is 3.78. The average molecular weight is 615 g/mol. The summed E-state index contributed by atoms with van der Waals surface area (Å²) in [7, 11) is -4.32. The zero-order valence-electron chi connectivity index (χ0n) is 24.7. The number of allylic oxidation sites excluding steroid dienone is 1. The highest BCUT2D eigenvalue weighted by Crippen LogP contribution is 2.47. The van der Waals surface area contributed by atoms with Crippen LogP contribution in [0.3, 0.4) is 0 Å². The van der Waals surface area contributed by atoms with Gasteiger partial charge in [-0.25, -0.2) is 17.6 Å². The van der Waals surface area contributed by atoms with Crippen molar-refractivity contribution in [3.63, 3.8) is 0 Å². The summed E-state index contributed by atoms with van der Waals surface area (Å²) in [5.41, 5.74) is -2.40. The molecule has 2 heterocycles. The highest BCUT2D eigenvalue weighted by molar-refractivity contribution is 7.91. The van der Waals surface area contributed by atoms with Gasteiger partial charge >= 0.3 is 6.09 Å². The minimum Gasteiger partial charge on any atom is -0.444 e. The molecule has 0 aromatic rings. The smallest absolute Gasteiger partial charge is 0.408 e. The Morgan fingerprint density at radius 3 is 2.55 bits per heavy atom. The van der Waals surface area contributed by atoms with Crippen molar-refractivity contribution in [2.75, 3.05) is 13.2 Å². The number of aliphatic hydroxyl groups is 1. The van der Waals surface area contributed by atoms with Crippen LogP contribution in [-0.2, 0) is 29.1 Å². The van der Waals surface area contributed by atoms with Gasteiger partial charge in [0.05, 0.1) is 6.10 Å². The van der Waals surface area contributed by atoms with E-state index in [0.29, 0.717) is 12.8 Å². The van der Waals surface area contributed by atoms with Crippen LogP contribution in [0.4, 0.5) is 9.18 Å². The van der Waals surface area contributed by atoms with Gasteiger partial charge in [-0.15, -0.1) is 0 Å². The number of rotatable bonds is 5. The van der Waals surface area contributed by atoms with Crippen LogP contribution in [0.1, 0.15) is 79.1 Å². The van der Waals surface area contributed by atoms with Crippen LogP contribution in [0.5, 0.6) is 0 Å². The van der Waals surface area contributed by atoms with E-state index >= 15 is 0 Å². The number of carbonyl (C=O) groups is 4. The highest BCUT2D eigenvalue weighted by Gasteiger charge is 2.64. The molecule has 0 radical (unpaired) electrons. The van der Waals surface area contributed by atoms with Crippen LogP contribution in [0.15, 0.2) is 12.2 Å². The molecule has 1 saturated heterocycles. The number of ether oxygens (including phenoxy) is 1. The summed E-state index contributed by atoms with van der Waals surface area (Å²) in [4.78, 5) is 54.8. The number of aliphatic hydroxyl groups excluding tert-OH is 1. The Hall–Kier alpha value is -2.74. The van der Waals surface area contributed by atoms with Crippen molar-refractivity contribution in [3.05, 3.63) is 12.2 Å². The molecular formula is C28H43FN4O8S. The third kappa shape index (κ3) is 6.74. The molecular weight excluding hydrogens is 571 g/mol. The first-order valence-electron chi connectivity index (χ1n) is 14.6. The Bertz CT molecular complexity index is 1230. The molecule has 42 heavy (non-hydrogen) atoms. The van der Waals surface area contributed by atoms with Gasteiger partial charge in [-0.3, -0.25) is 19.1 Å². The van der Waals surface area contributed by atoms with Crippen molar-refractivity contribution < 1.29 is 41.8 Å². The van der Waals surface area contributed by atoms with Crippen LogP contribution in [0.25, 0.3) is 0 Å². The number of halogens is 1. The van der Waals surface area contributed by atoms with Gasteiger partial charge in [0.2, 0.25) is 21.8 Å². The fourth-order valence-corrected chi connectivity index (χ4v) is 7.17. The quantitative estimate of drug-likeness (QED) is 0.337. The Balaban J connectivity index is 1.60. The standard InChI is InChI=1S/C28H43FN4O8S/c1-17-9-7-5-6-8-10-18-14-28(18,24(37)32-42(39,40)27(16-29)11-12-27)31-22(35)20-13-19(34)15-33(20)23(36)21(17)30-25(38)41-26(2,3)4/h8,10,17-21,34H,5-7,9,11-16H2,1-4H3,(H,30,38)(H,31,35)(H,32,37)/b10-8-/t17-,18-,19-,20+,21+,28-/m1/s1. The van der Waals surface area contributed by atoms with Crippen molar-refractivity contribution in [2.24, 2.45) is 11.8 Å². The second-order valence-electron chi connectivity index (χ2n) is 13.2. The Morgan fingerprint density at radius 1 is 1.24 bits per heavy atom. The molecule has 2 aliphatic heterocycles. The Labute approximate surface area is 246 Å². The minimum atomic E-state index is -4.32. The number of hydrogen-bond acceptors (Lipinski definition) is 8. The maximum absolute atomic E-state index is 13.9. The number of sulfonamides is 1. The van der Waals surface area contributed by atoms with E-state index in [9.17, 15) is 37.1 Å². The lowest BCUT2D eigenvalue weighted by atomic mass is 9.93. The highest BCUT2D eigenvalue weighted by atomic mass is 32.2. The number of amides is 4. The molecule has 12 nitrogen and oxygen atoms in total. The van der Waals surface area contributed by atoms with Crippen LogP contribution < -0.4 is 15.4 Å². The lowest BCUT2D eigenvalue weighted by Gasteiger charge is -2.32. The molecule has 4 rings (SSSR count). The Kier molecular flexibility index (Phi) is 9.00. The maximum atomic E-state index is 13.9. The molecule has 0 unspecified atom stereocenters. The fourth-order valence-electron chi connectivity index (χ4n) is 5.74. The number of carbonyl (C=O) groups excluding carboxylic acids is 4. The summed E-state index contributed by atoms with van der Waals surface area (Å²) >= 11 is 0. The third-order valence-corrected chi connectivity index (χ3v) is 10.7. The van der Waals surface area contributed by atoms with Gasteiger partial charge in [-0.05, 0) is 65.2 Å².